The summed E-state index contributed by atoms with van der Waals surface area (Å²) >= 11 is 3.49. The van der Waals surface area contributed by atoms with Gasteiger partial charge in [-0.15, -0.1) is 0 Å². The average molecular weight is 587 g/mol. The van der Waals surface area contributed by atoms with Crippen molar-refractivity contribution in [3.05, 3.63) is 106 Å². The molecule has 34 heavy (non-hydrogen) atoms. The van der Waals surface area contributed by atoms with Gasteiger partial charge in [0.25, 0.3) is 0 Å². The molecule has 0 amide bonds. The van der Waals surface area contributed by atoms with Crippen molar-refractivity contribution >= 4 is 15.9 Å². The summed E-state index contributed by atoms with van der Waals surface area (Å²) in [6, 6.07) is 29.0. The molecule has 3 saturated heterocycles. The maximum absolute atomic E-state index is 12.5. The zero-order valence-electron chi connectivity index (χ0n) is 19.5. The first-order valence-corrected chi connectivity index (χ1v) is 12.9. The number of quaternary nitrogens is 1. The third kappa shape index (κ3) is 4.78. The van der Waals surface area contributed by atoms with Crippen LogP contribution in [0, 0.1) is 5.41 Å². The van der Waals surface area contributed by atoms with E-state index in [-0.39, 0.29) is 22.4 Å². The van der Waals surface area contributed by atoms with Crippen LogP contribution in [0.15, 0.2) is 89.4 Å². The summed E-state index contributed by atoms with van der Waals surface area (Å²) in [5, 5.41) is 12.5. The Morgan fingerprint density at radius 1 is 0.794 bits per heavy atom. The highest BCUT2D eigenvalue weighted by Gasteiger charge is 2.60. The highest BCUT2D eigenvalue weighted by Crippen LogP contribution is 2.57. The Morgan fingerprint density at radius 3 is 1.79 bits per heavy atom. The van der Waals surface area contributed by atoms with Gasteiger partial charge in [-0.3, -0.25) is 0 Å². The van der Waals surface area contributed by atoms with E-state index in [2.05, 4.69) is 88.7 Å². The summed E-state index contributed by atoms with van der Waals surface area (Å²) in [6.45, 7) is 5.85. The highest BCUT2D eigenvalue weighted by atomic mass is 79.9. The van der Waals surface area contributed by atoms with E-state index in [0.717, 1.165) is 72.1 Å². The molecule has 0 atom stereocenters. The van der Waals surface area contributed by atoms with Crippen LogP contribution in [0.5, 0.6) is 0 Å². The number of aliphatic hydroxyl groups is 1. The minimum Gasteiger partial charge on any atom is -1.00 e. The fourth-order valence-electron chi connectivity index (χ4n) is 6.11. The maximum atomic E-state index is 12.5. The van der Waals surface area contributed by atoms with Gasteiger partial charge in [-0.25, -0.2) is 0 Å². The average Bonchev–Trinajstić information content (AvgIpc) is 2.89. The highest BCUT2D eigenvalue weighted by molar-refractivity contribution is 9.10. The van der Waals surface area contributed by atoms with E-state index >= 15 is 0 Å². The van der Waals surface area contributed by atoms with Gasteiger partial charge in [0.2, 0.25) is 0 Å². The van der Waals surface area contributed by atoms with Gasteiger partial charge in [-0.1, -0.05) is 88.7 Å². The number of ether oxygens (including phenoxy) is 1. The topological polar surface area (TPSA) is 29.5 Å². The second kappa shape index (κ2) is 10.6. The molecule has 180 valence electrons. The summed E-state index contributed by atoms with van der Waals surface area (Å²) in [5.41, 5.74) is 2.19. The summed E-state index contributed by atoms with van der Waals surface area (Å²) in [4.78, 5) is 0. The quantitative estimate of drug-likeness (QED) is 0.325. The van der Waals surface area contributed by atoms with E-state index in [4.69, 9.17) is 4.74 Å². The fourth-order valence-corrected chi connectivity index (χ4v) is 6.37. The van der Waals surface area contributed by atoms with Crippen molar-refractivity contribution in [2.24, 2.45) is 5.41 Å². The molecule has 0 saturated carbocycles. The molecule has 2 bridgehead atoms. The van der Waals surface area contributed by atoms with Crippen LogP contribution in [0.25, 0.3) is 0 Å². The van der Waals surface area contributed by atoms with Gasteiger partial charge in [0.1, 0.15) is 12.1 Å². The van der Waals surface area contributed by atoms with E-state index in [9.17, 15) is 5.11 Å². The molecule has 3 aliphatic rings. The Kier molecular flexibility index (Phi) is 8.00. The van der Waals surface area contributed by atoms with Gasteiger partial charge in [0.05, 0.1) is 32.8 Å². The van der Waals surface area contributed by atoms with Crippen molar-refractivity contribution in [3.63, 3.8) is 0 Å². The number of hydrogen-bond donors (Lipinski definition) is 1. The largest absolute Gasteiger partial charge is 1.00 e. The zero-order valence-corrected chi connectivity index (χ0v) is 22.7. The van der Waals surface area contributed by atoms with Gasteiger partial charge >= 0.3 is 0 Å². The molecular formula is C29H33Br2NO2. The number of piperidine rings is 3. The lowest BCUT2D eigenvalue weighted by Gasteiger charge is -2.60. The molecule has 1 N–H and O–H groups in total. The van der Waals surface area contributed by atoms with Crippen molar-refractivity contribution in [1.29, 1.82) is 0 Å². The minimum atomic E-state index is -0.954. The summed E-state index contributed by atoms with van der Waals surface area (Å²) < 4.78 is 8.28. The van der Waals surface area contributed by atoms with Crippen LogP contribution in [-0.4, -0.2) is 42.4 Å². The molecule has 3 heterocycles. The minimum absolute atomic E-state index is 0. The number of fused-ring (bicyclic) bond motifs is 3. The van der Waals surface area contributed by atoms with Crippen LogP contribution < -0.4 is 17.0 Å². The second-order valence-corrected chi connectivity index (χ2v) is 10.8. The molecule has 0 radical (unpaired) electrons. The van der Waals surface area contributed by atoms with E-state index in [1.54, 1.807) is 0 Å². The van der Waals surface area contributed by atoms with Crippen molar-refractivity contribution in [1.82, 2.24) is 0 Å². The predicted octanol–water partition coefficient (Wildman–Crippen LogP) is 2.91. The fraction of sp³-hybridized carbons (Fsp3) is 0.379. The van der Waals surface area contributed by atoms with E-state index in [1.807, 2.05) is 12.1 Å². The molecule has 5 heteroatoms. The van der Waals surface area contributed by atoms with Crippen LogP contribution in [0.4, 0.5) is 0 Å². The van der Waals surface area contributed by atoms with Crippen LogP contribution >= 0.6 is 15.9 Å². The first-order chi connectivity index (χ1) is 16.1. The van der Waals surface area contributed by atoms with E-state index in [1.165, 1.54) is 5.56 Å². The predicted molar refractivity (Wildman–Crippen MR) is 136 cm³/mol. The summed E-state index contributed by atoms with van der Waals surface area (Å²) in [6.07, 6.45) is 3.13. The van der Waals surface area contributed by atoms with Crippen molar-refractivity contribution in [2.45, 2.75) is 31.5 Å². The molecule has 3 nitrogen and oxygen atoms in total. The number of nitrogens with zero attached hydrogens (tertiary/aromatic N) is 1. The Balaban J connectivity index is 0.00000274. The molecule has 3 aromatic rings. The SMILES string of the molecule is OC(c1ccccc1)(c1ccccc1)C12CC[N+](CCOCc3ccc(Br)cc3)(CC1)CC2.[Br-]. The van der Waals surface area contributed by atoms with Gasteiger partial charge < -0.3 is 31.3 Å². The molecule has 3 aromatic carbocycles. The molecule has 3 fully saturated rings. The monoisotopic (exact) mass is 585 g/mol. The van der Waals surface area contributed by atoms with E-state index in [0.29, 0.717) is 6.61 Å². The molecule has 0 spiro atoms. The lowest BCUT2D eigenvalue weighted by atomic mass is 9.56. The van der Waals surface area contributed by atoms with Gasteiger partial charge in [0.15, 0.2) is 0 Å². The molecule has 0 aliphatic carbocycles. The van der Waals surface area contributed by atoms with Crippen LogP contribution in [-0.2, 0) is 16.9 Å². The maximum Gasteiger partial charge on any atom is 0.121 e. The lowest BCUT2D eigenvalue weighted by molar-refractivity contribution is -0.946. The Labute approximate surface area is 222 Å². The van der Waals surface area contributed by atoms with Crippen LogP contribution in [0.2, 0.25) is 0 Å². The Hall–Kier alpha value is -1.50. The first-order valence-electron chi connectivity index (χ1n) is 12.1. The molecule has 0 unspecified atom stereocenters. The molecule has 6 rings (SSSR count). The smallest absolute Gasteiger partial charge is 0.121 e. The number of rotatable bonds is 8. The lowest BCUT2D eigenvalue weighted by Crippen LogP contribution is -3.00. The summed E-state index contributed by atoms with van der Waals surface area (Å²) in [5.74, 6) is 0. The third-order valence-corrected chi connectivity index (χ3v) is 8.77. The third-order valence-electron chi connectivity index (χ3n) is 8.24. The van der Waals surface area contributed by atoms with E-state index < -0.39 is 5.60 Å². The van der Waals surface area contributed by atoms with Crippen LogP contribution in [0.3, 0.4) is 0 Å². The second-order valence-electron chi connectivity index (χ2n) is 9.89. The standard InChI is InChI=1S/C29H33BrNO2.BrH/c30-27-13-11-24(12-14-27)23-33-22-21-31-18-15-28(16-19-31,17-20-31)29(32,25-7-3-1-4-8-25)26-9-5-2-6-10-26;/h1-14,32H,15-23H2;1H/q+1;/p-1. The Bertz CT molecular complexity index is 992. The van der Waals surface area contributed by atoms with Gasteiger partial charge in [0, 0.05) is 29.2 Å². The number of hydrogen-bond acceptors (Lipinski definition) is 2. The van der Waals surface area contributed by atoms with Gasteiger partial charge in [-0.2, -0.15) is 0 Å². The first kappa shape index (κ1) is 25.6. The number of halogens is 2. The molecular weight excluding hydrogens is 554 g/mol. The van der Waals surface area contributed by atoms with Crippen molar-refractivity contribution in [3.8, 4) is 0 Å². The molecule has 3 aliphatic heterocycles. The molecule has 0 aromatic heterocycles. The van der Waals surface area contributed by atoms with Crippen LogP contribution in [0.1, 0.15) is 36.0 Å². The Morgan fingerprint density at radius 2 is 1.29 bits per heavy atom. The van der Waals surface area contributed by atoms with Crippen molar-refractivity contribution < 1.29 is 31.3 Å². The zero-order chi connectivity index (χ0) is 22.8. The normalized spacial score (nSPS) is 23.9. The van der Waals surface area contributed by atoms with Crippen molar-refractivity contribution in [2.75, 3.05) is 32.8 Å². The summed E-state index contributed by atoms with van der Waals surface area (Å²) in [7, 11) is 0. The number of benzene rings is 3. The van der Waals surface area contributed by atoms with Gasteiger partial charge in [-0.05, 0) is 28.8 Å².